The predicted molar refractivity (Wildman–Crippen MR) is 113 cm³/mol. The Morgan fingerprint density at radius 3 is 2.72 bits per heavy atom. The Hall–Kier alpha value is -0.730. The van der Waals surface area contributed by atoms with Crippen LogP contribution in [0.4, 0.5) is 0 Å². The van der Waals surface area contributed by atoms with Crippen molar-refractivity contribution in [2.24, 2.45) is 5.92 Å². The van der Waals surface area contributed by atoms with Crippen molar-refractivity contribution in [3.05, 3.63) is 0 Å². The summed E-state index contributed by atoms with van der Waals surface area (Å²) in [6.07, 6.45) is 8.09. The number of rotatable bonds is 8. The van der Waals surface area contributed by atoms with Crippen molar-refractivity contribution in [2.45, 2.75) is 75.7 Å². The number of nitrogens with one attached hydrogen (secondary N) is 1. The molecule has 2 N–H and O–H groups in total. The number of nitrogens with zero attached hydrogens (tertiary/aromatic N) is 2. The van der Waals surface area contributed by atoms with Crippen LogP contribution in [0.3, 0.4) is 0 Å². The Labute approximate surface area is 176 Å². The quantitative estimate of drug-likeness (QED) is 0.586. The van der Waals surface area contributed by atoms with E-state index in [4.69, 9.17) is 9.47 Å². The molecule has 0 radical (unpaired) electrons. The molecular formula is C22H41N3O4. The van der Waals surface area contributed by atoms with Crippen molar-refractivity contribution in [2.75, 3.05) is 53.5 Å². The van der Waals surface area contributed by atoms with Gasteiger partial charge in [0.15, 0.2) is 0 Å². The molecule has 0 bridgehead atoms. The van der Waals surface area contributed by atoms with E-state index in [1.165, 1.54) is 25.7 Å². The van der Waals surface area contributed by atoms with Crippen molar-refractivity contribution in [1.82, 2.24) is 15.1 Å². The molecule has 7 heteroatoms. The number of fused-ring (bicyclic) bond motifs is 1. The summed E-state index contributed by atoms with van der Waals surface area (Å²) in [6, 6.07) is 0.282. The highest BCUT2D eigenvalue weighted by Crippen LogP contribution is 2.31. The molecule has 0 unspecified atom stereocenters. The molecule has 1 saturated carbocycles. The molecule has 0 aromatic heterocycles. The van der Waals surface area contributed by atoms with Gasteiger partial charge in [0.05, 0.1) is 37.9 Å². The Morgan fingerprint density at radius 1 is 1.17 bits per heavy atom. The fourth-order valence-electron chi connectivity index (χ4n) is 5.08. The molecule has 3 aliphatic rings. The van der Waals surface area contributed by atoms with E-state index in [1.54, 1.807) is 0 Å². The van der Waals surface area contributed by atoms with Crippen LogP contribution in [0.15, 0.2) is 0 Å². The minimum absolute atomic E-state index is 0.0100. The summed E-state index contributed by atoms with van der Waals surface area (Å²) >= 11 is 0. The van der Waals surface area contributed by atoms with Gasteiger partial charge in [0, 0.05) is 25.7 Å². The van der Waals surface area contributed by atoms with Crippen LogP contribution < -0.4 is 5.32 Å². The van der Waals surface area contributed by atoms with Crippen molar-refractivity contribution in [3.8, 4) is 0 Å². The van der Waals surface area contributed by atoms with Gasteiger partial charge in [-0.3, -0.25) is 9.69 Å². The molecule has 29 heavy (non-hydrogen) atoms. The monoisotopic (exact) mass is 411 g/mol. The fraction of sp³-hybridized carbons (Fsp3) is 0.955. The van der Waals surface area contributed by atoms with Gasteiger partial charge in [0.25, 0.3) is 0 Å². The fourth-order valence-corrected chi connectivity index (χ4v) is 5.08. The minimum Gasteiger partial charge on any atom is -0.389 e. The van der Waals surface area contributed by atoms with Crippen LogP contribution in [0.2, 0.25) is 0 Å². The highest BCUT2D eigenvalue weighted by molar-refractivity contribution is 5.76. The van der Waals surface area contributed by atoms with Crippen LogP contribution in [0.5, 0.6) is 0 Å². The van der Waals surface area contributed by atoms with Gasteiger partial charge >= 0.3 is 0 Å². The molecule has 7 nitrogen and oxygen atoms in total. The van der Waals surface area contributed by atoms with E-state index in [-0.39, 0.29) is 24.2 Å². The molecule has 0 aromatic carbocycles. The largest absolute Gasteiger partial charge is 0.389 e. The second-order valence-electron chi connectivity index (χ2n) is 9.45. The molecule has 0 spiro atoms. The Kier molecular flexibility index (Phi) is 9.18. The number of amides is 1. The summed E-state index contributed by atoms with van der Waals surface area (Å²) in [5, 5.41) is 13.3. The third-order valence-electron chi connectivity index (χ3n) is 6.57. The molecule has 3 rings (SSSR count). The van der Waals surface area contributed by atoms with Gasteiger partial charge in [-0.2, -0.15) is 0 Å². The maximum absolute atomic E-state index is 12.3. The molecule has 3 fully saturated rings. The normalized spacial score (nSPS) is 32.0. The Morgan fingerprint density at radius 2 is 1.97 bits per heavy atom. The van der Waals surface area contributed by atoms with E-state index in [9.17, 15) is 9.90 Å². The highest BCUT2D eigenvalue weighted by Gasteiger charge is 2.38. The molecule has 4 atom stereocenters. The first-order valence-corrected chi connectivity index (χ1v) is 11.6. The van der Waals surface area contributed by atoms with Gasteiger partial charge in [-0.05, 0) is 58.7 Å². The lowest BCUT2D eigenvalue weighted by Crippen LogP contribution is -2.56. The second kappa shape index (κ2) is 11.6. The number of carbonyl (C=O) groups is 1. The first-order chi connectivity index (χ1) is 14.0. The van der Waals surface area contributed by atoms with Gasteiger partial charge in [0.1, 0.15) is 0 Å². The summed E-state index contributed by atoms with van der Waals surface area (Å²) in [7, 11) is 4.08. The molecule has 0 aromatic rings. The van der Waals surface area contributed by atoms with E-state index in [0.29, 0.717) is 32.7 Å². The number of hydrogen-bond donors (Lipinski definition) is 2. The van der Waals surface area contributed by atoms with E-state index in [2.05, 4.69) is 15.1 Å². The topological polar surface area (TPSA) is 74.3 Å². The number of hydrogen-bond acceptors (Lipinski definition) is 6. The van der Waals surface area contributed by atoms with E-state index >= 15 is 0 Å². The van der Waals surface area contributed by atoms with E-state index in [1.807, 2.05) is 14.1 Å². The van der Waals surface area contributed by atoms with Gasteiger partial charge in [-0.1, -0.05) is 12.8 Å². The molecule has 2 heterocycles. The highest BCUT2D eigenvalue weighted by atomic mass is 16.5. The average Bonchev–Trinajstić information content (AvgIpc) is 3.17. The predicted octanol–water partition coefficient (Wildman–Crippen LogP) is 1.24. The van der Waals surface area contributed by atoms with E-state index < -0.39 is 6.10 Å². The molecule has 1 aliphatic carbocycles. The van der Waals surface area contributed by atoms with Crippen molar-refractivity contribution < 1.29 is 19.4 Å². The van der Waals surface area contributed by atoms with Crippen molar-refractivity contribution in [3.63, 3.8) is 0 Å². The Bertz CT molecular complexity index is 498. The summed E-state index contributed by atoms with van der Waals surface area (Å²) in [4.78, 5) is 16.9. The lowest BCUT2D eigenvalue weighted by atomic mass is 9.93. The summed E-state index contributed by atoms with van der Waals surface area (Å²) in [5.74, 6) is 0.825. The SMILES string of the molecule is CN(C)CCCNC(=O)C[C@H]1CC[C@@H]2[C@H](COC[C@@H](O)CN2CC2CCCC2)O1. The van der Waals surface area contributed by atoms with E-state index in [0.717, 1.165) is 38.3 Å². The Balaban J connectivity index is 1.49. The summed E-state index contributed by atoms with van der Waals surface area (Å²) in [6.45, 7) is 4.28. The van der Waals surface area contributed by atoms with Crippen LogP contribution in [-0.2, 0) is 14.3 Å². The maximum atomic E-state index is 12.3. The molecular weight excluding hydrogens is 370 g/mol. The molecule has 168 valence electrons. The zero-order valence-electron chi connectivity index (χ0n) is 18.4. The number of aliphatic hydroxyl groups excluding tert-OH is 1. The zero-order chi connectivity index (χ0) is 20.6. The van der Waals surface area contributed by atoms with Crippen molar-refractivity contribution >= 4 is 5.91 Å². The third-order valence-corrected chi connectivity index (χ3v) is 6.57. The summed E-state index contributed by atoms with van der Waals surface area (Å²) < 4.78 is 12.1. The molecule has 1 amide bonds. The van der Waals surface area contributed by atoms with Crippen LogP contribution in [0.25, 0.3) is 0 Å². The lowest BCUT2D eigenvalue weighted by molar-refractivity contribution is -0.158. The lowest BCUT2D eigenvalue weighted by Gasteiger charge is -2.45. The first kappa shape index (κ1) is 22.9. The maximum Gasteiger partial charge on any atom is 0.222 e. The first-order valence-electron chi connectivity index (χ1n) is 11.6. The number of β-amino-alcohol motifs (C(OH)–C–C–N with tert-alkyl or cyclic N) is 1. The third kappa shape index (κ3) is 7.47. The zero-order valence-corrected chi connectivity index (χ0v) is 18.4. The van der Waals surface area contributed by atoms with Gasteiger partial charge in [-0.15, -0.1) is 0 Å². The molecule has 2 saturated heterocycles. The van der Waals surface area contributed by atoms with Crippen LogP contribution in [0.1, 0.15) is 51.4 Å². The van der Waals surface area contributed by atoms with Crippen molar-refractivity contribution in [1.29, 1.82) is 0 Å². The standard InChI is InChI=1S/C22H41N3O4/c1-24(2)11-5-10-23-22(27)12-19-8-9-20-21(29-19)16-28-15-18(26)14-25(20)13-17-6-3-4-7-17/h17-21,26H,3-16H2,1-2H3,(H,23,27)/t18-,19+,20+,21-/m0/s1. The smallest absolute Gasteiger partial charge is 0.222 e. The number of aliphatic hydroxyl groups is 1. The number of carbonyl (C=O) groups excluding carboxylic acids is 1. The van der Waals surface area contributed by atoms with Gasteiger partial charge < -0.3 is 24.8 Å². The van der Waals surface area contributed by atoms with Gasteiger partial charge in [0.2, 0.25) is 5.91 Å². The van der Waals surface area contributed by atoms with Crippen LogP contribution in [-0.4, -0.2) is 98.7 Å². The van der Waals surface area contributed by atoms with Crippen LogP contribution >= 0.6 is 0 Å². The second-order valence-corrected chi connectivity index (χ2v) is 9.45. The summed E-state index contributed by atoms with van der Waals surface area (Å²) in [5.41, 5.74) is 0. The number of ether oxygens (including phenoxy) is 2. The van der Waals surface area contributed by atoms with Gasteiger partial charge in [-0.25, -0.2) is 0 Å². The minimum atomic E-state index is -0.428. The average molecular weight is 412 g/mol. The van der Waals surface area contributed by atoms with Crippen LogP contribution in [0, 0.1) is 5.92 Å². The molecule has 2 aliphatic heterocycles.